The van der Waals surface area contributed by atoms with Crippen LogP contribution >= 0.6 is 22.6 Å². The standard InChI is InChI=1S/C5H8IN3/c1-2-9-3-4(6)5(7)8/h2-3H,1,7-8H2/b9-3-. The van der Waals surface area contributed by atoms with Crippen LogP contribution in [0.15, 0.2) is 27.2 Å². The van der Waals surface area contributed by atoms with Crippen molar-refractivity contribution >= 4 is 28.8 Å². The molecule has 0 heterocycles. The molecule has 9 heavy (non-hydrogen) atoms. The minimum atomic E-state index is 0.279. The van der Waals surface area contributed by atoms with E-state index < -0.39 is 0 Å². The third-order valence-electron chi connectivity index (χ3n) is 0.569. The Labute approximate surface area is 67.7 Å². The predicted molar refractivity (Wildman–Crippen MR) is 48.1 cm³/mol. The molecule has 0 aliphatic carbocycles. The molecule has 0 aromatic rings. The van der Waals surface area contributed by atoms with E-state index in [0.29, 0.717) is 0 Å². The zero-order valence-electron chi connectivity index (χ0n) is 4.84. The van der Waals surface area contributed by atoms with Crippen LogP contribution < -0.4 is 11.5 Å². The minimum absolute atomic E-state index is 0.279. The molecule has 0 rings (SSSR count). The van der Waals surface area contributed by atoms with E-state index in [1.54, 1.807) is 6.21 Å². The van der Waals surface area contributed by atoms with Crippen LogP contribution in [0, 0.1) is 0 Å². The molecule has 0 atom stereocenters. The number of hydrogen-bond acceptors (Lipinski definition) is 3. The van der Waals surface area contributed by atoms with Crippen molar-refractivity contribution in [1.82, 2.24) is 0 Å². The fraction of sp³-hybridized carbons (Fsp3) is 0. The van der Waals surface area contributed by atoms with Gasteiger partial charge in [0, 0.05) is 12.4 Å². The first-order chi connectivity index (χ1) is 4.18. The molecule has 3 nitrogen and oxygen atoms in total. The monoisotopic (exact) mass is 237 g/mol. The molecule has 0 amide bonds. The van der Waals surface area contributed by atoms with Gasteiger partial charge in [-0.05, 0) is 22.6 Å². The second-order valence-electron chi connectivity index (χ2n) is 1.26. The third kappa shape index (κ3) is 4.01. The molecule has 50 valence electrons. The first-order valence-corrected chi connectivity index (χ1v) is 3.31. The van der Waals surface area contributed by atoms with Crippen molar-refractivity contribution in [3.05, 3.63) is 22.2 Å². The Morgan fingerprint density at radius 1 is 1.56 bits per heavy atom. The first kappa shape index (κ1) is 8.48. The molecule has 4 N–H and O–H groups in total. The summed E-state index contributed by atoms with van der Waals surface area (Å²) in [6.07, 6.45) is 2.96. The normalized spacial score (nSPS) is 9.44. The zero-order valence-corrected chi connectivity index (χ0v) is 7.00. The quantitative estimate of drug-likeness (QED) is 0.549. The lowest BCUT2D eigenvalue weighted by Gasteiger charge is -1.89. The minimum Gasteiger partial charge on any atom is -0.385 e. The van der Waals surface area contributed by atoms with E-state index in [-0.39, 0.29) is 5.82 Å². The highest BCUT2D eigenvalue weighted by molar-refractivity contribution is 14.1. The molecule has 0 aromatic carbocycles. The zero-order chi connectivity index (χ0) is 7.28. The number of rotatable bonds is 2. The fourth-order valence-corrected chi connectivity index (χ4v) is 0.353. The van der Waals surface area contributed by atoms with Gasteiger partial charge in [0.25, 0.3) is 0 Å². The van der Waals surface area contributed by atoms with Crippen molar-refractivity contribution in [1.29, 1.82) is 0 Å². The third-order valence-corrected chi connectivity index (χ3v) is 1.47. The van der Waals surface area contributed by atoms with Crippen LogP contribution in [0.2, 0.25) is 0 Å². The van der Waals surface area contributed by atoms with E-state index in [1.807, 2.05) is 22.6 Å². The van der Waals surface area contributed by atoms with E-state index in [0.717, 1.165) is 3.58 Å². The molecule has 0 bridgehead atoms. The topological polar surface area (TPSA) is 64.4 Å². The van der Waals surface area contributed by atoms with Gasteiger partial charge in [0.05, 0.1) is 3.58 Å². The number of allylic oxidation sites excluding steroid dienone is 1. The Morgan fingerprint density at radius 2 is 2.11 bits per heavy atom. The number of nitrogens with two attached hydrogens (primary N) is 2. The second-order valence-corrected chi connectivity index (χ2v) is 2.43. The second kappa shape index (κ2) is 4.37. The maximum absolute atomic E-state index is 5.20. The van der Waals surface area contributed by atoms with E-state index in [1.165, 1.54) is 6.20 Å². The Hall–Kier alpha value is -0.520. The first-order valence-electron chi connectivity index (χ1n) is 2.23. The van der Waals surface area contributed by atoms with Gasteiger partial charge in [0.1, 0.15) is 5.82 Å². The van der Waals surface area contributed by atoms with Crippen molar-refractivity contribution in [2.75, 3.05) is 0 Å². The molecule has 0 aliphatic rings. The molecule has 0 saturated heterocycles. The van der Waals surface area contributed by atoms with Gasteiger partial charge in [-0.25, -0.2) is 0 Å². The number of aliphatic imine (C=N–C) groups is 1. The average molecular weight is 237 g/mol. The highest BCUT2D eigenvalue weighted by atomic mass is 127. The fourth-order valence-electron chi connectivity index (χ4n) is 0.193. The van der Waals surface area contributed by atoms with Crippen molar-refractivity contribution in [3.63, 3.8) is 0 Å². The van der Waals surface area contributed by atoms with Crippen LogP contribution in [0.3, 0.4) is 0 Å². The van der Waals surface area contributed by atoms with Crippen LogP contribution in [-0.2, 0) is 0 Å². The number of nitrogens with zero attached hydrogens (tertiary/aromatic N) is 1. The molecular formula is C5H8IN3. The Bertz CT molecular complexity index is 156. The molecule has 0 spiro atoms. The summed E-state index contributed by atoms with van der Waals surface area (Å²) in [5, 5.41) is 0. The maximum Gasteiger partial charge on any atom is 0.109 e. The van der Waals surface area contributed by atoms with Gasteiger partial charge < -0.3 is 11.5 Å². The molecule has 0 aliphatic heterocycles. The van der Waals surface area contributed by atoms with Crippen molar-refractivity contribution in [2.24, 2.45) is 16.5 Å². The van der Waals surface area contributed by atoms with E-state index >= 15 is 0 Å². The molecule has 0 aromatic heterocycles. The van der Waals surface area contributed by atoms with Crippen LogP contribution in [0.1, 0.15) is 0 Å². The molecule has 0 radical (unpaired) electrons. The van der Waals surface area contributed by atoms with E-state index in [9.17, 15) is 0 Å². The summed E-state index contributed by atoms with van der Waals surface area (Å²) >= 11 is 1.99. The van der Waals surface area contributed by atoms with Gasteiger partial charge in [-0.3, -0.25) is 4.99 Å². The summed E-state index contributed by atoms with van der Waals surface area (Å²) in [4.78, 5) is 3.71. The summed E-state index contributed by atoms with van der Waals surface area (Å²) in [6, 6.07) is 0. The smallest absolute Gasteiger partial charge is 0.109 e. The molecule has 0 saturated carbocycles. The average Bonchev–Trinajstić information content (AvgIpc) is 1.82. The maximum atomic E-state index is 5.20. The molecule has 0 unspecified atom stereocenters. The van der Waals surface area contributed by atoms with Crippen LogP contribution in [0.25, 0.3) is 0 Å². The number of hydrogen-bond donors (Lipinski definition) is 2. The van der Waals surface area contributed by atoms with Gasteiger partial charge in [-0.1, -0.05) is 6.58 Å². The largest absolute Gasteiger partial charge is 0.385 e. The number of halogens is 1. The summed E-state index contributed by atoms with van der Waals surface area (Å²) in [5.74, 6) is 0.279. The highest BCUT2D eigenvalue weighted by Crippen LogP contribution is 2.01. The van der Waals surface area contributed by atoms with Gasteiger partial charge >= 0.3 is 0 Å². The Morgan fingerprint density at radius 3 is 2.44 bits per heavy atom. The summed E-state index contributed by atoms with van der Waals surface area (Å²) in [7, 11) is 0. The lowest BCUT2D eigenvalue weighted by molar-refractivity contribution is 1.26. The Balaban J connectivity index is 4.06. The van der Waals surface area contributed by atoms with Crippen LogP contribution in [-0.4, -0.2) is 6.21 Å². The highest BCUT2D eigenvalue weighted by Gasteiger charge is 1.86. The molecular weight excluding hydrogens is 229 g/mol. The lowest BCUT2D eigenvalue weighted by atomic mass is 10.6. The van der Waals surface area contributed by atoms with Gasteiger partial charge in [-0.15, -0.1) is 0 Å². The van der Waals surface area contributed by atoms with Crippen molar-refractivity contribution in [3.8, 4) is 0 Å². The van der Waals surface area contributed by atoms with E-state index in [4.69, 9.17) is 11.5 Å². The van der Waals surface area contributed by atoms with Crippen molar-refractivity contribution in [2.45, 2.75) is 0 Å². The molecule has 0 fully saturated rings. The Kier molecular flexibility index (Phi) is 4.12. The van der Waals surface area contributed by atoms with Gasteiger partial charge in [0.15, 0.2) is 0 Å². The summed E-state index contributed by atoms with van der Waals surface area (Å²) in [5.41, 5.74) is 10.4. The SMILES string of the molecule is C=C/N=C\C(I)=C(N)N. The van der Waals surface area contributed by atoms with Gasteiger partial charge in [0.2, 0.25) is 0 Å². The summed E-state index contributed by atoms with van der Waals surface area (Å²) in [6.45, 7) is 3.39. The molecule has 4 heteroatoms. The van der Waals surface area contributed by atoms with Gasteiger partial charge in [-0.2, -0.15) is 0 Å². The van der Waals surface area contributed by atoms with E-state index in [2.05, 4.69) is 11.6 Å². The van der Waals surface area contributed by atoms with Crippen LogP contribution in [0.4, 0.5) is 0 Å². The lowest BCUT2D eigenvalue weighted by Crippen LogP contribution is -2.10. The van der Waals surface area contributed by atoms with Crippen molar-refractivity contribution < 1.29 is 0 Å². The predicted octanol–water partition coefficient (Wildman–Crippen LogP) is 0.722. The summed E-state index contributed by atoms with van der Waals surface area (Å²) < 4.78 is 0.729. The van der Waals surface area contributed by atoms with Crippen LogP contribution in [0.5, 0.6) is 0 Å².